The quantitative estimate of drug-likeness (QED) is 0.849. The van der Waals surface area contributed by atoms with E-state index in [4.69, 9.17) is 0 Å². The molecule has 2 saturated heterocycles. The molecule has 1 aliphatic carbocycles. The molecule has 2 unspecified atom stereocenters. The Hall–Kier alpha value is -1.59. The summed E-state index contributed by atoms with van der Waals surface area (Å²) in [6.45, 7) is 4.31. The van der Waals surface area contributed by atoms with Crippen molar-refractivity contribution in [1.29, 1.82) is 0 Å². The second kappa shape index (κ2) is 7.11. The third kappa shape index (κ3) is 3.28. The van der Waals surface area contributed by atoms with Crippen LogP contribution in [0.4, 0.5) is 0 Å². The average Bonchev–Trinajstić information content (AvgIpc) is 3.23. The van der Waals surface area contributed by atoms with Crippen LogP contribution in [0.25, 0.3) is 0 Å². The number of nitrogens with zero attached hydrogens (tertiary/aromatic N) is 2. The molecule has 2 aliphatic heterocycles. The summed E-state index contributed by atoms with van der Waals surface area (Å²) in [7, 11) is 0. The van der Waals surface area contributed by atoms with Crippen molar-refractivity contribution in [2.45, 2.75) is 45.4 Å². The van der Waals surface area contributed by atoms with Crippen molar-refractivity contribution in [3.63, 3.8) is 0 Å². The molecule has 4 atom stereocenters. The minimum absolute atomic E-state index is 0.00264. The molecule has 1 N–H and O–H groups in total. The van der Waals surface area contributed by atoms with Gasteiger partial charge in [-0.25, -0.2) is 0 Å². The highest BCUT2D eigenvalue weighted by Crippen LogP contribution is 2.35. The normalized spacial score (nSPS) is 33.7. The molecular formula is C18H28N2O4. The Balaban J connectivity index is 1.69. The van der Waals surface area contributed by atoms with E-state index >= 15 is 0 Å². The molecule has 0 aromatic carbocycles. The Kier molecular flexibility index (Phi) is 5.11. The summed E-state index contributed by atoms with van der Waals surface area (Å²) < 4.78 is 0. The van der Waals surface area contributed by atoms with E-state index in [1.165, 1.54) is 0 Å². The van der Waals surface area contributed by atoms with Crippen LogP contribution in [0, 0.1) is 23.7 Å². The molecule has 3 rings (SSSR count). The number of carbonyl (C=O) groups is 3. The number of amides is 2. The van der Waals surface area contributed by atoms with Crippen LogP contribution in [-0.2, 0) is 14.4 Å². The van der Waals surface area contributed by atoms with Crippen molar-refractivity contribution in [2.75, 3.05) is 26.2 Å². The zero-order valence-corrected chi connectivity index (χ0v) is 14.4. The molecule has 6 heteroatoms. The summed E-state index contributed by atoms with van der Waals surface area (Å²) in [6, 6.07) is 0. The maximum absolute atomic E-state index is 13.0. The summed E-state index contributed by atoms with van der Waals surface area (Å²) in [4.78, 5) is 40.8. The molecule has 0 radical (unpaired) electrons. The number of aliphatic carboxylic acids is 1. The Morgan fingerprint density at radius 2 is 1.33 bits per heavy atom. The van der Waals surface area contributed by atoms with Crippen molar-refractivity contribution in [1.82, 2.24) is 9.80 Å². The number of hydrogen-bond acceptors (Lipinski definition) is 3. The first kappa shape index (κ1) is 17.2. The number of likely N-dealkylation sites (tertiary alicyclic amines) is 2. The van der Waals surface area contributed by atoms with Gasteiger partial charge in [-0.15, -0.1) is 0 Å². The maximum Gasteiger partial charge on any atom is 0.308 e. The first-order valence-electron chi connectivity index (χ1n) is 9.29. The molecule has 3 aliphatic rings. The molecule has 2 heterocycles. The third-order valence-electron chi connectivity index (χ3n) is 6.06. The van der Waals surface area contributed by atoms with Crippen LogP contribution in [0.1, 0.15) is 45.4 Å². The number of carboxylic acids is 1. The molecule has 134 valence electrons. The molecule has 6 nitrogen and oxygen atoms in total. The fourth-order valence-electron chi connectivity index (χ4n) is 4.60. The third-order valence-corrected chi connectivity index (χ3v) is 6.06. The zero-order chi connectivity index (χ0) is 17.3. The number of hydrogen-bond donors (Lipinski definition) is 1. The van der Waals surface area contributed by atoms with Crippen molar-refractivity contribution in [3.8, 4) is 0 Å². The van der Waals surface area contributed by atoms with Gasteiger partial charge in [-0.05, 0) is 31.6 Å². The predicted molar refractivity (Wildman–Crippen MR) is 88.1 cm³/mol. The van der Waals surface area contributed by atoms with Crippen LogP contribution in [0.2, 0.25) is 0 Å². The van der Waals surface area contributed by atoms with Crippen LogP contribution in [0.5, 0.6) is 0 Å². The van der Waals surface area contributed by atoms with E-state index in [2.05, 4.69) is 0 Å². The topological polar surface area (TPSA) is 77.9 Å². The van der Waals surface area contributed by atoms with Crippen molar-refractivity contribution >= 4 is 17.8 Å². The summed E-state index contributed by atoms with van der Waals surface area (Å²) >= 11 is 0. The molecule has 0 aromatic heterocycles. The minimum Gasteiger partial charge on any atom is -0.481 e. The van der Waals surface area contributed by atoms with Crippen molar-refractivity contribution < 1.29 is 19.5 Å². The van der Waals surface area contributed by atoms with E-state index in [9.17, 15) is 19.5 Å². The Morgan fingerprint density at radius 1 is 0.792 bits per heavy atom. The van der Waals surface area contributed by atoms with E-state index in [0.29, 0.717) is 6.54 Å². The summed E-state index contributed by atoms with van der Waals surface area (Å²) in [5.74, 6) is -1.65. The molecule has 0 spiro atoms. The molecule has 24 heavy (non-hydrogen) atoms. The van der Waals surface area contributed by atoms with Crippen molar-refractivity contribution in [3.05, 3.63) is 0 Å². The first-order valence-corrected chi connectivity index (χ1v) is 9.29. The van der Waals surface area contributed by atoms with Gasteiger partial charge in [0.1, 0.15) is 0 Å². The van der Waals surface area contributed by atoms with E-state index in [0.717, 1.165) is 51.6 Å². The smallest absolute Gasteiger partial charge is 0.308 e. The monoisotopic (exact) mass is 336 g/mol. The standard InChI is InChI=1S/C18H28N2O4/c1-12-10-20(11-15(12)18(23)24)17(22)14-7-3-2-6-13(14)16(21)19-8-4-5-9-19/h12-15H,2-11H2,1H3,(H,23,24)/t12-,13?,14?,15-/m1/s1. The maximum atomic E-state index is 13.0. The number of carboxylic acid groups (broad SMARTS) is 1. The Morgan fingerprint density at radius 3 is 1.83 bits per heavy atom. The second-order valence-corrected chi connectivity index (χ2v) is 7.70. The van der Waals surface area contributed by atoms with Gasteiger partial charge in [0.05, 0.1) is 5.92 Å². The van der Waals surface area contributed by atoms with Crippen LogP contribution in [0.15, 0.2) is 0 Å². The molecule has 0 bridgehead atoms. The lowest BCUT2D eigenvalue weighted by molar-refractivity contribution is -0.147. The molecule has 3 fully saturated rings. The van der Waals surface area contributed by atoms with Crippen LogP contribution in [0.3, 0.4) is 0 Å². The fraction of sp³-hybridized carbons (Fsp3) is 0.833. The second-order valence-electron chi connectivity index (χ2n) is 7.70. The van der Waals surface area contributed by atoms with Gasteiger partial charge in [0, 0.05) is 38.0 Å². The van der Waals surface area contributed by atoms with Crippen LogP contribution < -0.4 is 0 Å². The highest BCUT2D eigenvalue weighted by Gasteiger charge is 2.44. The molecular weight excluding hydrogens is 308 g/mol. The molecule has 0 aromatic rings. The van der Waals surface area contributed by atoms with E-state index < -0.39 is 11.9 Å². The van der Waals surface area contributed by atoms with Gasteiger partial charge in [0.25, 0.3) is 0 Å². The first-order chi connectivity index (χ1) is 11.5. The Labute approximate surface area is 143 Å². The summed E-state index contributed by atoms with van der Waals surface area (Å²) in [5, 5.41) is 9.28. The van der Waals surface area contributed by atoms with Gasteiger partial charge in [0.15, 0.2) is 0 Å². The molecule has 2 amide bonds. The number of rotatable bonds is 3. The van der Waals surface area contributed by atoms with Gasteiger partial charge in [0.2, 0.25) is 11.8 Å². The lowest BCUT2D eigenvalue weighted by Gasteiger charge is -2.34. The molecule has 1 saturated carbocycles. The lowest BCUT2D eigenvalue weighted by Crippen LogP contribution is -2.45. The van der Waals surface area contributed by atoms with E-state index in [-0.39, 0.29) is 36.1 Å². The SMILES string of the molecule is C[C@@H]1CN(C(=O)C2CCCCC2C(=O)N2CCCC2)C[C@H]1C(=O)O. The lowest BCUT2D eigenvalue weighted by atomic mass is 9.77. The van der Waals surface area contributed by atoms with Crippen LogP contribution >= 0.6 is 0 Å². The van der Waals surface area contributed by atoms with Gasteiger partial charge in [-0.2, -0.15) is 0 Å². The fourth-order valence-corrected chi connectivity index (χ4v) is 4.60. The highest BCUT2D eigenvalue weighted by atomic mass is 16.4. The average molecular weight is 336 g/mol. The van der Waals surface area contributed by atoms with Gasteiger partial charge in [-0.3, -0.25) is 14.4 Å². The zero-order valence-electron chi connectivity index (χ0n) is 14.4. The Bertz CT molecular complexity index is 515. The predicted octanol–water partition coefficient (Wildman–Crippen LogP) is 1.59. The van der Waals surface area contributed by atoms with Crippen LogP contribution in [-0.4, -0.2) is 58.9 Å². The summed E-state index contributed by atoms with van der Waals surface area (Å²) in [6.07, 6.45) is 5.64. The highest BCUT2D eigenvalue weighted by molar-refractivity contribution is 5.88. The van der Waals surface area contributed by atoms with Gasteiger partial charge in [-0.1, -0.05) is 19.8 Å². The van der Waals surface area contributed by atoms with Gasteiger partial charge >= 0.3 is 5.97 Å². The van der Waals surface area contributed by atoms with E-state index in [1.807, 2.05) is 11.8 Å². The number of carbonyl (C=O) groups excluding carboxylic acids is 2. The van der Waals surface area contributed by atoms with E-state index in [1.54, 1.807) is 4.90 Å². The van der Waals surface area contributed by atoms with Crippen molar-refractivity contribution in [2.24, 2.45) is 23.7 Å². The summed E-state index contributed by atoms with van der Waals surface area (Å²) in [5.41, 5.74) is 0. The largest absolute Gasteiger partial charge is 0.481 e. The van der Waals surface area contributed by atoms with Gasteiger partial charge < -0.3 is 14.9 Å². The minimum atomic E-state index is -0.828.